The van der Waals surface area contributed by atoms with Gasteiger partial charge in [0.1, 0.15) is 11.7 Å². The smallest absolute Gasteiger partial charge is 0.253 e. The first kappa shape index (κ1) is 17.5. The Balaban J connectivity index is 1.78. The fourth-order valence-electron chi connectivity index (χ4n) is 4.14. The molecule has 4 heteroatoms. The van der Waals surface area contributed by atoms with Gasteiger partial charge in [0.15, 0.2) is 6.29 Å². The Hall–Kier alpha value is -2.90. The Bertz CT molecular complexity index is 847. The fourth-order valence-corrected chi connectivity index (χ4v) is 4.14. The van der Waals surface area contributed by atoms with Crippen LogP contribution < -0.4 is 5.32 Å². The number of hydrogen-bond donors (Lipinski definition) is 1. The van der Waals surface area contributed by atoms with Crippen molar-refractivity contribution in [3.8, 4) is 0 Å². The van der Waals surface area contributed by atoms with Gasteiger partial charge in [0, 0.05) is 6.54 Å². The Kier molecular flexibility index (Phi) is 4.79. The van der Waals surface area contributed by atoms with Gasteiger partial charge in [-0.3, -0.25) is 14.9 Å². The molecule has 1 fully saturated rings. The molecule has 2 aromatic carbocycles. The van der Waals surface area contributed by atoms with Crippen molar-refractivity contribution < 1.29 is 9.59 Å². The van der Waals surface area contributed by atoms with Crippen molar-refractivity contribution in [2.45, 2.75) is 43.9 Å². The van der Waals surface area contributed by atoms with Gasteiger partial charge >= 0.3 is 0 Å². The summed E-state index contributed by atoms with van der Waals surface area (Å²) < 4.78 is 0. The molecule has 4 nitrogen and oxygen atoms in total. The molecule has 0 bridgehead atoms. The lowest BCUT2D eigenvalue weighted by atomic mass is 9.77. The normalized spacial score (nSPS) is 25.0. The summed E-state index contributed by atoms with van der Waals surface area (Å²) in [5.74, 6) is -0.0730. The van der Waals surface area contributed by atoms with Gasteiger partial charge in [-0.25, -0.2) is 0 Å². The molecule has 0 radical (unpaired) electrons. The second kappa shape index (κ2) is 7.38. The predicted molar refractivity (Wildman–Crippen MR) is 102 cm³/mol. The molecule has 2 atom stereocenters. The van der Waals surface area contributed by atoms with Crippen LogP contribution in [0.5, 0.6) is 0 Å². The highest BCUT2D eigenvalue weighted by atomic mass is 16.2. The summed E-state index contributed by atoms with van der Waals surface area (Å²) >= 11 is 0. The van der Waals surface area contributed by atoms with E-state index in [9.17, 15) is 9.59 Å². The van der Waals surface area contributed by atoms with E-state index >= 15 is 0 Å². The summed E-state index contributed by atoms with van der Waals surface area (Å²) in [6.45, 7) is 0.397. The summed E-state index contributed by atoms with van der Waals surface area (Å²) in [6, 6.07) is 21.1. The van der Waals surface area contributed by atoms with Gasteiger partial charge in [-0.1, -0.05) is 48.5 Å². The Morgan fingerprint density at radius 3 is 2.70 bits per heavy atom. The predicted octanol–water partition coefficient (Wildman–Crippen LogP) is 3.14. The molecule has 1 amide bonds. The third-order valence-corrected chi connectivity index (χ3v) is 5.47. The number of carbonyl (C=O) groups excluding carboxylic acids is 2. The molecular weight excluding hydrogens is 336 g/mol. The van der Waals surface area contributed by atoms with Crippen molar-refractivity contribution in [2.75, 3.05) is 0 Å². The van der Waals surface area contributed by atoms with Crippen LogP contribution in [-0.4, -0.2) is 23.3 Å². The average Bonchev–Trinajstić information content (AvgIpc) is 3.03. The average molecular weight is 358 g/mol. The van der Waals surface area contributed by atoms with E-state index in [1.165, 1.54) is 0 Å². The number of hydrogen-bond acceptors (Lipinski definition) is 3. The largest absolute Gasteiger partial charge is 0.314 e. The molecule has 0 aromatic heterocycles. The van der Waals surface area contributed by atoms with Crippen LogP contribution in [-0.2, 0) is 21.7 Å². The summed E-state index contributed by atoms with van der Waals surface area (Å²) in [6.07, 6.45) is 6.32. The lowest BCUT2D eigenvalue weighted by Gasteiger charge is -2.32. The molecule has 2 aliphatic rings. The van der Waals surface area contributed by atoms with Gasteiger partial charge in [-0.05, 0) is 60.6 Å². The van der Waals surface area contributed by atoms with Crippen molar-refractivity contribution >= 4 is 12.2 Å². The Morgan fingerprint density at radius 1 is 1.19 bits per heavy atom. The standard InChI is InChI=1S/C23H22N2O2/c26-17-21-24-23(19-12-6-2-7-13-19,20-14-8-3-9-15-20)22(27)25(21)16-18-10-4-1-5-11-18/h1,4-5,8,10-12,14-15,17,21,24H,2,6-7,13,16H2. The number of aldehydes is 1. The fraction of sp³-hybridized carbons (Fsp3) is 0.304. The Morgan fingerprint density at radius 2 is 2.04 bits per heavy atom. The first-order valence-electron chi connectivity index (χ1n) is 9.41. The number of amides is 1. The molecule has 1 aliphatic carbocycles. The molecule has 2 unspecified atom stereocenters. The topological polar surface area (TPSA) is 49.4 Å². The quantitative estimate of drug-likeness (QED) is 0.660. The van der Waals surface area contributed by atoms with E-state index in [-0.39, 0.29) is 5.91 Å². The highest BCUT2D eigenvalue weighted by Gasteiger charge is 2.54. The zero-order chi connectivity index (χ0) is 18.7. The van der Waals surface area contributed by atoms with Crippen LogP contribution in [0, 0.1) is 12.1 Å². The van der Waals surface area contributed by atoms with E-state index in [0.29, 0.717) is 6.54 Å². The van der Waals surface area contributed by atoms with Crippen LogP contribution in [0.2, 0.25) is 0 Å². The second-order valence-electron chi connectivity index (χ2n) is 7.09. The third-order valence-electron chi connectivity index (χ3n) is 5.47. The monoisotopic (exact) mass is 358 g/mol. The van der Waals surface area contributed by atoms with E-state index in [4.69, 9.17) is 0 Å². The first-order chi connectivity index (χ1) is 13.3. The van der Waals surface area contributed by atoms with Gasteiger partial charge in [0.25, 0.3) is 5.91 Å². The molecule has 0 spiro atoms. The number of nitrogens with one attached hydrogen (secondary N) is 1. The molecule has 1 N–H and O–H groups in total. The molecule has 4 rings (SSSR count). The summed E-state index contributed by atoms with van der Waals surface area (Å²) in [4.78, 5) is 27.3. The van der Waals surface area contributed by atoms with E-state index in [0.717, 1.165) is 48.7 Å². The van der Waals surface area contributed by atoms with Gasteiger partial charge in [0.05, 0.1) is 0 Å². The number of benzene rings is 1. The van der Waals surface area contributed by atoms with Crippen LogP contribution in [0.15, 0.2) is 60.2 Å². The molecule has 1 aliphatic heterocycles. The number of rotatable bonds is 5. The van der Waals surface area contributed by atoms with Crippen LogP contribution >= 0.6 is 0 Å². The highest BCUT2D eigenvalue weighted by molar-refractivity contribution is 5.96. The maximum atomic E-state index is 13.7. The molecule has 1 heterocycles. The number of carbonyl (C=O) groups is 2. The molecule has 1 saturated heterocycles. The van der Waals surface area contributed by atoms with E-state index in [1.54, 1.807) is 17.0 Å². The summed E-state index contributed by atoms with van der Waals surface area (Å²) in [5.41, 5.74) is 1.88. The zero-order valence-electron chi connectivity index (χ0n) is 15.2. The molecule has 0 saturated carbocycles. The van der Waals surface area contributed by atoms with Crippen molar-refractivity contribution in [1.82, 2.24) is 10.2 Å². The lowest BCUT2D eigenvalue weighted by molar-refractivity contribution is -0.134. The second-order valence-corrected chi connectivity index (χ2v) is 7.09. The van der Waals surface area contributed by atoms with Crippen LogP contribution in [0.1, 0.15) is 36.8 Å². The summed E-state index contributed by atoms with van der Waals surface area (Å²) in [5, 5.41) is 3.37. The van der Waals surface area contributed by atoms with Crippen molar-refractivity contribution in [1.29, 1.82) is 0 Å². The van der Waals surface area contributed by atoms with Gasteiger partial charge in [0.2, 0.25) is 0 Å². The lowest BCUT2D eigenvalue weighted by Crippen LogP contribution is -2.47. The van der Waals surface area contributed by atoms with E-state index < -0.39 is 11.7 Å². The molecule has 27 heavy (non-hydrogen) atoms. The Labute approximate surface area is 159 Å². The van der Waals surface area contributed by atoms with Gasteiger partial charge in [-0.15, -0.1) is 0 Å². The van der Waals surface area contributed by atoms with Crippen molar-refractivity contribution in [3.05, 3.63) is 83.4 Å². The van der Waals surface area contributed by atoms with E-state index in [1.807, 2.05) is 36.4 Å². The van der Waals surface area contributed by atoms with Gasteiger partial charge < -0.3 is 4.90 Å². The summed E-state index contributed by atoms with van der Waals surface area (Å²) in [7, 11) is 0. The van der Waals surface area contributed by atoms with Crippen LogP contribution in [0.4, 0.5) is 0 Å². The number of nitrogens with zero attached hydrogens (tertiary/aromatic N) is 1. The van der Waals surface area contributed by atoms with Crippen molar-refractivity contribution in [2.24, 2.45) is 0 Å². The SMILES string of the molecule is O=CC1NC(C2=CCCCC2)(c2cc#ccc2)C(=O)N1Cc1ccccc1. The minimum atomic E-state index is -0.994. The molecular formula is C23H22N2O2. The molecule has 136 valence electrons. The van der Waals surface area contributed by atoms with Crippen molar-refractivity contribution in [3.63, 3.8) is 0 Å². The minimum absolute atomic E-state index is 0.0730. The maximum absolute atomic E-state index is 13.7. The molecule has 2 aromatic rings. The van der Waals surface area contributed by atoms with Crippen LogP contribution in [0.25, 0.3) is 0 Å². The van der Waals surface area contributed by atoms with Gasteiger partial charge in [-0.2, -0.15) is 0 Å². The van der Waals surface area contributed by atoms with E-state index in [2.05, 4.69) is 23.5 Å². The highest BCUT2D eigenvalue weighted by Crippen LogP contribution is 2.41. The first-order valence-corrected chi connectivity index (χ1v) is 9.41. The minimum Gasteiger partial charge on any atom is -0.314 e. The maximum Gasteiger partial charge on any atom is 0.253 e. The number of allylic oxidation sites excluding steroid dienone is 1. The third kappa shape index (κ3) is 3.05. The zero-order valence-corrected chi connectivity index (χ0v) is 15.2. The van der Waals surface area contributed by atoms with Crippen LogP contribution in [0.3, 0.4) is 0 Å².